The van der Waals surface area contributed by atoms with Gasteiger partial charge in [0.05, 0.1) is 33.1 Å². The summed E-state index contributed by atoms with van der Waals surface area (Å²) in [7, 11) is 0. The Bertz CT molecular complexity index is 3130. The maximum Gasteiger partial charge on any atom is 0.164 e. The van der Waals surface area contributed by atoms with Crippen molar-refractivity contribution in [3.63, 3.8) is 0 Å². The van der Waals surface area contributed by atoms with E-state index in [-0.39, 0.29) is 0 Å². The third kappa shape index (κ3) is 3.97. The molecule has 5 nitrogen and oxygen atoms in total. The summed E-state index contributed by atoms with van der Waals surface area (Å²) in [6.45, 7) is 0. The van der Waals surface area contributed by atoms with Crippen molar-refractivity contribution in [2.75, 3.05) is 0 Å². The van der Waals surface area contributed by atoms with Crippen molar-refractivity contribution in [2.24, 2.45) is 0 Å². The molecule has 0 radical (unpaired) electrons. The Morgan fingerprint density at radius 2 is 0.824 bits per heavy atom. The second kappa shape index (κ2) is 10.8. The largest absolute Gasteiger partial charge is 0.309 e. The number of para-hydroxylation sites is 4. The highest BCUT2D eigenvalue weighted by molar-refractivity contribution is 6.29. The van der Waals surface area contributed by atoms with Gasteiger partial charge in [-0.05, 0) is 60.7 Å². The quantitative estimate of drug-likeness (QED) is 0.190. The summed E-state index contributed by atoms with van der Waals surface area (Å²) in [6.07, 6.45) is 3.57. The maximum atomic E-state index is 4.96. The molecule has 0 amide bonds. The molecule has 0 atom stereocenters. The Labute approximate surface area is 292 Å². The Hall–Kier alpha value is -6.98. The van der Waals surface area contributed by atoms with Gasteiger partial charge in [0, 0.05) is 61.6 Å². The molecule has 0 fully saturated rings. The van der Waals surface area contributed by atoms with Crippen LogP contribution in [0.25, 0.3) is 93.9 Å². The third-order valence-corrected chi connectivity index (χ3v) is 10.3. The molecule has 4 aromatic heterocycles. The van der Waals surface area contributed by atoms with Gasteiger partial charge in [-0.3, -0.25) is 9.55 Å². The monoisotopic (exact) mass is 651 g/mol. The van der Waals surface area contributed by atoms with Gasteiger partial charge >= 0.3 is 0 Å². The summed E-state index contributed by atoms with van der Waals surface area (Å²) >= 11 is 0. The minimum absolute atomic E-state index is 0.818. The minimum atomic E-state index is 0.818. The van der Waals surface area contributed by atoms with E-state index in [4.69, 9.17) is 9.97 Å². The van der Waals surface area contributed by atoms with E-state index >= 15 is 0 Å². The van der Waals surface area contributed by atoms with E-state index in [2.05, 4.69) is 171 Å². The average molecular weight is 652 g/mol. The molecule has 4 heterocycles. The van der Waals surface area contributed by atoms with E-state index in [0.29, 0.717) is 0 Å². The van der Waals surface area contributed by atoms with Gasteiger partial charge in [-0.2, -0.15) is 0 Å². The van der Waals surface area contributed by atoms with Crippen LogP contribution < -0.4 is 0 Å². The normalized spacial score (nSPS) is 11.9. The fraction of sp³-hybridized carbons (Fsp3) is 0. The Morgan fingerprint density at radius 1 is 0.333 bits per heavy atom. The van der Waals surface area contributed by atoms with Crippen LogP contribution in [-0.4, -0.2) is 23.7 Å². The molecule has 0 aliphatic heterocycles. The van der Waals surface area contributed by atoms with E-state index in [0.717, 1.165) is 39.5 Å². The smallest absolute Gasteiger partial charge is 0.164 e. The lowest BCUT2D eigenvalue weighted by Crippen LogP contribution is -2.02. The van der Waals surface area contributed by atoms with Gasteiger partial charge in [-0.15, -0.1) is 0 Å². The lowest BCUT2D eigenvalue weighted by molar-refractivity contribution is 1.05. The van der Waals surface area contributed by atoms with Gasteiger partial charge in [0.15, 0.2) is 5.82 Å². The van der Waals surface area contributed by atoms with Gasteiger partial charge in [0.25, 0.3) is 0 Å². The van der Waals surface area contributed by atoms with Gasteiger partial charge in [0.2, 0.25) is 0 Å². The number of hydrogen-bond acceptors (Lipinski definition) is 2. The zero-order chi connectivity index (χ0) is 33.5. The number of hydrogen-bond donors (Lipinski definition) is 0. The molecule has 7 aromatic carbocycles. The van der Waals surface area contributed by atoms with Crippen LogP contribution in [0.4, 0.5) is 0 Å². The van der Waals surface area contributed by atoms with Crippen molar-refractivity contribution in [1.82, 2.24) is 23.7 Å². The lowest BCUT2D eigenvalue weighted by atomic mass is 10.1. The predicted octanol–water partition coefficient (Wildman–Crippen LogP) is 11.4. The fourth-order valence-corrected chi connectivity index (χ4v) is 8.27. The lowest BCUT2D eigenvalue weighted by Gasteiger charge is -2.12. The van der Waals surface area contributed by atoms with Crippen molar-refractivity contribution in [1.29, 1.82) is 0 Å². The first-order valence-corrected chi connectivity index (χ1v) is 17.3. The number of nitrogens with zero attached hydrogens (tertiary/aromatic N) is 5. The Balaban J connectivity index is 1.22. The first-order chi connectivity index (χ1) is 25.3. The van der Waals surface area contributed by atoms with Gasteiger partial charge in [0.1, 0.15) is 5.69 Å². The molecule has 0 aliphatic carbocycles. The summed E-state index contributed by atoms with van der Waals surface area (Å²) in [6, 6.07) is 58.6. The topological polar surface area (TPSA) is 40.6 Å². The van der Waals surface area contributed by atoms with E-state index in [1.54, 1.807) is 12.4 Å². The van der Waals surface area contributed by atoms with Gasteiger partial charge in [-0.1, -0.05) is 103 Å². The van der Waals surface area contributed by atoms with Crippen LogP contribution in [0.5, 0.6) is 0 Å². The van der Waals surface area contributed by atoms with Crippen LogP contribution in [0.15, 0.2) is 176 Å². The summed E-state index contributed by atoms with van der Waals surface area (Å²) < 4.78 is 7.09. The summed E-state index contributed by atoms with van der Waals surface area (Å²) in [5.74, 6) is 0.818. The molecule has 0 saturated carbocycles. The first-order valence-electron chi connectivity index (χ1n) is 17.3. The summed E-state index contributed by atoms with van der Waals surface area (Å²) in [5.41, 5.74) is 11.1. The summed E-state index contributed by atoms with van der Waals surface area (Å²) in [4.78, 5) is 9.82. The van der Waals surface area contributed by atoms with Crippen LogP contribution in [0.1, 0.15) is 0 Å². The zero-order valence-corrected chi connectivity index (χ0v) is 27.5. The molecule has 0 saturated heterocycles. The van der Waals surface area contributed by atoms with E-state index in [1.807, 2.05) is 6.07 Å². The molecule has 0 spiro atoms. The maximum absolute atomic E-state index is 4.96. The molecule has 11 rings (SSSR count). The second-order valence-electron chi connectivity index (χ2n) is 13.0. The first kappa shape index (κ1) is 27.9. The molecule has 0 aliphatic rings. The molecular formula is C46H29N5. The molecule has 238 valence electrons. The predicted molar refractivity (Wildman–Crippen MR) is 210 cm³/mol. The summed E-state index contributed by atoms with van der Waals surface area (Å²) in [5, 5.41) is 7.32. The number of aromatic nitrogens is 5. The van der Waals surface area contributed by atoms with E-state index in [9.17, 15) is 0 Å². The highest BCUT2D eigenvalue weighted by Crippen LogP contribution is 2.43. The number of benzene rings is 7. The molecule has 0 N–H and O–H groups in total. The standard InChI is InChI=1S/C46H29N5/c1-3-13-30(14-4-1)45-46(48-28-27-47-45)51-39-22-12-9-19-35(39)44-42(51)26-25-41-43(44)34-18-8-11-21-38(34)50(41)32-23-24-40-36(29-32)33-17-7-10-20-37(33)49(40)31-15-5-2-6-16-31/h1-29H. The highest BCUT2D eigenvalue weighted by atomic mass is 15.1. The van der Waals surface area contributed by atoms with Crippen LogP contribution >= 0.6 is 0 Å². The van der Waals surface area contributed by atoms with E-state index < -0.39 is 0 Å². The highest BCUT2D eigenvalue weighted by Gasteiger charge is 2.23. The van der Waals surface area contributed by atoms with Crippen molar-refractivity contribution < 1.29 is 0 Å². The van der Waals surface area contributed by atoms with E-state index in [1.165, 1.54) is 54.4 Å². The minimum Gasteiger partial charge on any atom is -0.309 e. The van der Waals surface area contributed by atoms with Crippen LogP contribution in [0.2, 0.25) is 0 Å². The second-order valence-corrected chi connectivity index (χ2v) is 13.0. The molecule has 0 unspecified atom stereocenters. The fourth-order valence-electron chi connectivity index (χ4n) is 8.27. The zero-order valence-electron chi connectivity index (χ0n) is 27.5. The van der Waals surface area contributed by atoms with Gasteiger partial charge < -0.3 is 9.13 Å². The van der Waals surface area contributed by atoms with Crippen molar-refractivity contribution in [2.45, 2.75) is 0 Å². The number of rotatable bonds is 4. The van der Waals surface area contributed by atoms with Crippen LogP contribution in [-0.2, 0) is 0 Å². The SMILES string of the molecule is c1ccc(-c2nccnc2-n2c3ccccc3c3c4c5ccccc5n(-c5ccc6c(c5)c5ccccc5n6-c5ccccc5)c4ccc32)cc1. The Kier molecular flexibility index (Phi) is 5.89. The van der Waals surface area contributed by atoms with Crippen molar-refractivity contribution in [3.05, 3.63) is 176 Å². The third-order valence-electron chi connectivity index (χ3n) is 10.3. The molecule has 5 heteroatoms. The van der Waals surface area contributed by atoms with Crippen molar-refractivity contribution in [3.8, 4) is 28.5 Å². The molecule has 11 aromatic rings. The molecule has 0 bridgehead atoms. The average Bonchev–Trinajstić information content (AvgIpc) is 3.84. The van der Waals surface area contributed by atoms with Gasteiger partial charge in [-0.25, -0.2) is 4.98 Å². The Morgan fingerprint density at radius 3 is 1.53 bits per heavy atom. The van der Waals surface area contributed by atoms with Crippen LogP contribution in [0, 0.1) is 0 Å². The van der Waals surface area contributed by atoms with Crippen molar-refractivity contribution >= 4 is 65.4 Å². The number of fused-ring (bicyclic) bond motifs is 10. The molecular weight excluding hydrogens is 623 g/mol. The molecule has 51 heavy (non-hydrogen) atoms. The van der Waals surface area contributed by atoms with Crippen LogP contribution in [0.3, 0.4) is 0 Å².